The Labute approximate surface area is 309 Å². The topological polar surface area (TPSA) is 192 Å². The fourth-order valence-corrected chi connectivity index (χ4v) is 7.19. The van der Waals surface area contributed by atoms with Gasteiger partial charge in [-0.1, -0.05) is 103 Å². The van der Waals surface area contributed by atoms with Gasteiger partial charge in [-0.3, -0.25) is 0 Å². The van der Waals surface area contributed by atoms with E-state index >= 15 is 0 Å². The van der Waals surface area contributed by atoms with Gasteiger partial charge < -0.3 is 26.1 Å². The molecule has 0 aliphatic carbocycles. The van der Waals surface area contributed by atoms with Gasteiger partial charge in [0.25, 0.3) is 0 Å². The molecule has 220 valence electrons. The number of nitrogens with zero attached hydrogens (tertiary/aromatic N) is 2. The first-order valence-corrected chi connectivity index (χ1v) is 15.9. The van der Waals surface area contributed by atoms with Crippen LogP contribution in [-0.4, -0.2) is 25.9 Å². The van der Waals surface area contributed by atoms with Crippen molar-refractivity contribution < 1.29 is 85.1 Å². The summed E-state index contributed by atoms with van der Waals surface area (Å²) in [6.07, 6.45) is 0. The van der Waals surface area contributed by atoms with Gasteiger partial charge in [0.15, 0.2) is 0 Å². The summed E-state index contributed by atoms with van der Waals surface area (Å²) in [5.74, 6) is 0. The first-order chi connectivity index (χ1) is 20.9. The molecule has 0 spiro atoms. The van der Waals surface area contributed by atoms with E-state index in [1.165, 1.54) is 12.1 Å². The quantitative estimate of drug-likeness (QED) is 0.0825. The van der Waals surface area contributed by atoms with Crippen LogP contribution in [0.5, 0.6) is 0 Å². The van der Waals surface area contributed by atoms with Crippen LogP contribution in [0.2, 0.25) is 0 Å². The first kappa shape index (κ1) is 35.7. The molecule has 10 nitrogen and oxygen atoms in total. The molecule has 0 bridgehead atoms. The van der Waals surface area contributed by atoms with Crippen molar-refractivity contribution in [1.82, 2.24) is 4.70 Å². The summed E-state index contributed by atoms with van der Waals surface area (Å²) in [6, 6.07) is 29.8. The smallest absolute Gasteiger partial charge is 0.744 e. The van der Waals surface area contributed by atoms with Crippen molar-refractivity contribution in [2.24, 2.45) is 0 Å². The molecule has 0 fully saturated rings. The zero-order valence-electron chi connectivity index (χ0n) is 24.7. The molecule has 0 amide bonds. The SMILES string of the molecule is [N-]=[N+](c1cc2ccccc2c(N)c1S(=O)(=O)[O-])c1c(S(=O)(=O)[O-])c(N)c2cccc(-c3ccccc3)c2c1-c1ccccc1.[Na+].[Na+]. The Morgan fingerprint density at radius 2 is 1.11 bits per heavy atom. The van der Waals surface area contributed by atoms with E-state index in [0.29, 0.717) is 27.5 Å². The number of hydrogen-bond donors (Lipinski definition) is 2. The van der Waals surface area contributed by atoms with Crippen molar-refractivity contribution in [3.63, 3.8) is 0 Å². The van der Waals surface area contributed by atoms with E-state index in [1.54, 1.807) is 78.9 Å². The number of fused-ring (bicyclic) bond motifs is 2. The molecule has 0 aromatic heterocycles. The summed E-state index contributed by atoms with van der Waals surface area (Å²) in [7, 11) is -10.8. The Kier molecular flexibility index (Phi) is 10.5. The molecule has 0 saturated carbocycles. The van der Waals surface area contributed by atoms with Gasteiger partial charge in [-0.15, -0.1) is 0 Å². The van der Waals surface area contributed by atoms with E-state index in [4.69, 9.17) is 11.5 Å². The Balaban J connectivity index is 0.00000240. The normalized spacial score (nSPS) is 11.5. The Hall–Kier alpha value is -3.14. The van der Waals surface area contributed by atoms with Gasteiger partial charge in [0.05, 0.1) is 16.9 Å². The minimum atomic E-state index is -5.45. The van der Waals surface area contributed by atoms with Crippen molar-refractivity contribution in [2.75, 3.05) is 11.5 Å². The van der Waals surface area contributed by atoms with Crippen LogP contribution in [0.25, 0.3) is 49.3 Å². The number of nitrogens with two attached hydrogens (primary N) is 2. The predicted molar refractivity (Wildman–Crippen MR) is 168 cm³/mol. The summed E-state index contributed by atoms with van der Waals surface area (Å²) in [6.45, 7) is 0. The van der Waals surface area contributed by atoms with E-state index < -0.39 is 52.8 Å². The molecule has 0 aliphatic rings. The maximum atomic E-state index is 13.0. The van der Waals surface area contributed by atoms with Crippen LogP contribution in [0.3, 0.4) is 0 Å². The molecular formula is C32H22N4Na2O6S2. The summed E-state index contributed by atoms with van der Waals surface area (Å²) in [4.78, 5) is -2.00. The second-order valence-corrected chi connectivity index (χ2v) is 12.6. The molecule has 46 heavy (non-hydrogen) atoms. The van der Waals surface area contributed by atoms with Crippen LogP contribution in [0.4, 0.5) is 22.7 Å². The van der Waals surface area contributed by atoms with Crippen LogP contribution >= 0.6 is 0 Å². The van der Waals surface area contributed by atoms with E-state index in [0.717, 1.165) is 0 Å². The van der Waals surface area contributed by atoms with E-state index in [9.17, 15) is 31.5 Å². The second kappa shape index (κ2) is 13.5. The predicted octanol–water partition coefficient (Wildman–Crippen LogP) is 0.164. The molecule has 4 N–H and O–H groups in total. The van der Waals surface area contributed by atoms with Crippen molar-refractivity contribution in [3.05, 3.63) is 115 Å². The third kappa shape index (κ3) is 6.26. The molecule has 0 heterocycles. The molecule has 0 atom stereocenters. The van der Waals surface area contributed by atoms with Crippen LogP contribution < -0.4 is 75.3 Å². The molecular weight excluding hydrogens is 646 g/mol. The third-order valence-corrected chi connectivity index (χ3v) is 9.25. The van der Waals surface area contributed by atoms with Crippen molar-refractivity contribution in [3.8, 4) is 22.3 Å². The molecule has 0 unspecified atom stereocenters. The standard InChI is InChI=1S/C32H24N4O6S2.2Na/c33-28-23-15-8-7-14-21(23)18-25(31(28)43(37,38)39)36(35)30-26(20-12-5-2-6-13-20)27-22(19-10-3-1-4-11-19)16-9-17-24(27)29(34)32(30)44(40,41)42;;/h1-18H,33-34H2,(H,37,38,39)(H,40,41,42);;/q;2*+1/p-2. The van der Waals surface area contributed by atoms with Crippen molar-refractivity contribution in [1.29, 1.82) is 0 Å². The van der Waals surface area contributed by atoms with Crippen LogP contribution in [0, 0.1) is 0 Å². The molecule has 6 aromatic rings. The van der Waals surface area contributed by atoms with E-state index in [-0.39, 0.29) is 80.1 Å². The van der Waals surface area contributed by atoms with Crippen LogP contribution in [0.15, 0.2) is 119 Å². The first-order valence-electron chi connectivity index (χ1n) is 13.1. The van der Waals surface area contributed by atoms with Gasteiger partial charge in [-0.25, -0.2) is 21.5 Å². The molecule has 0 aliphatic heterocycles. The van der Waals surface area contributed by atoms with Gasteiger partial charge >= 0.3 is 59.1 Å². The zero-order valence-corrected chi connectivity index (χ0v) is 30.3. The maximum absolute atomic E-state index is 13.0. The third-order valence-electron chi connectivity index (χ3n) is 7.41. The summed E-state index contributed by atoms with van der Waals surface area (Å²) in [5.41, 5.74) is 24.1. The van der Waals surface area contributed by atoms with Crippen molar-refractivity contribution in [2.45, 2.75) is 9.79 Å². The summed E-state index contributed by atoms with van der Waals surface area (Å²) < 4.78 is 77.0. The van der Waals surface area contributed by atoms with Crippen LogP contribution in [-0.2, 0) is 20.2 Å². The van der Waals surface area contributed by atoms with Crippen molar-refractivity contribution >= 4 is 64.5 Å². The average molecular weight is 669 g/mol. The van der Waals surface area contributed by atoms with Gasteiger partial charge in [0.1, 0.15) is 30.0 Å². The summed E-state index contributed by atoms with van der Waals surface area (Å²) in [5, 5.41) is 1.11. The minimum Gasteiger partial charge on any atom is -0.744 e. The van der Waals surface area contributed by atoms with E-state index in [2.05, 4.69) is 0 Å². The number of hydrogen-bond acceptors (Lipinski definition) is 8. The minimum absolute atomic E-state index is 0. The Morgan fingerprint density at radius 3 is 1.70 bits per heavy atom. The molecule has 6 aromatic carbocycles. The van der Waals surface area contributed by atoms with Gasteiger partial charge in [0, 0.05) is 22.2 Å². The Morgan fingerprint density at radius 1 is 0.609 bits per heavy atom. The second-order valence-electron chi connectivity index (χ2n) is 10.0. The number of benzene rings is 6. The van der Waals surface area contributed by atoms with Crippen LogP contribution in [0.1, 0.15) is 0 Å². The zero-order chi connectivity index (χ0) is 31.4. The Bertz CT molecular complexity index is 2370. The number of nitrogen functional groups attached to an aromatic ring is 2. The maximum Gasteiger partial charge on any atom is 1.00 e. The molecule has 0 radical (unpaired) electrons. The molecule has 0 saturated heterocycles. The fourth-order valence-electron chi connectivity index (χ4n) is 5.61. The van der Waals surface area contributed by atoms with Gasteiger partial charge in [-0.2, -0.15) is 0 Å². The monoisotopic (exact) mass is 668 g/mol. The van der Waals surface area contributed by atoms with Gasteiger partial charge in [-0.05, 0) is 22.1 Å². The van der Waals surface area contributed by atoms with Gasteiger partial charge in [0.2, 0.25) is 11.4 Å². The molecule has 6 rings (SSSR count). The average Bonchev–Trinajstić information content (AvgIpc) is 3.00. The van der Waals surface area contributed by atoms with E-state index in [1.807, 2.05) is 18.2 Å². The molecule has 14 heteroatoms. The largest absolute Gasteiger partial charge is 1.00 e. The fraction of sp³-hybridized carbons (Fsp3) is 0. The summed E-state index contributed by atoms with van der Waals surface area (Å²) >= 11 is 0. The number of rotatable bonds is 6. The number of anilines is 2.